The second-order valence-corrected chi connectivity index (χ2v) is 9.16. The summed E-state index contributed by atoms with van der Waals surface area (Å²) in [4.78, 5) is 12.1. The molecule has 1 aromatic heterocycles. The molecule has 4 aromatic rings. The number of nitrogens with one attached hydrogen (secondary N) is 1. The summed E-state index contributed by atoms with van der Waals surface area (Å²) in [5, 5.41) is 12.8. The summed E-state index contributed by atoms with van der Waals surface area (Å²) in [5.74, 6) is 0.663. The molecular weight excluding hydrogens is 542 g/mol. The molecule has 0 aliphatic carbocycles. The number of hydrazone groups is 1. The molecule has 0 saturated carbocycles. The van der Waals surface area contributed by atoms with Gasteiger partial charge in [-0.1, -0.05) is 47.1 Å². The summed E-state index contributed by atoms with van der Waals surface area (Å²) >= 11 is 13.0. The van der Waals surface area contributed by atoms with Crippen molar-refractivity contribution in [2.45, 2.75) is 18.4 Å². The molecular formula is C25H19Cl2FN4O4S. The summed E-state index contributed by atoms with van der Waals surface area (Å²) < 4.78 is 29.9. The molecule has 0 atom stereocenters. The molecule has 37 heavy (non-hydrogen) atoms. The molecule has 0 aliphatic rings. The maximum absolute atomic E-state index is 13.2. The molecule has 0 spiro atoms. The number of carbonyl (C=O) groups excluding carboxylic acids is 1. The average Bonchev–Trinajstić information content (AvgIpc) is 3.34. The lowest BCUT2D eigenvalue weighted by Gasteiger charge is -2.06. The highest BCUT2D eigenvalue weighted by atomic mass is 35.5. The van der Waals surface area contributed by atoms with Gasteiger partial charge in [0.25, 0.3) is 17.0 Å². The first-order valence-corrected chi connectivity index (χ1v) is 12.5. The number of rotatable bonds is 11. The number of hydrogen-bond donors (Lipinski definition) is 1. The Morgan fingerprint density at radius 1 is 1.05 bits per heavy atom. The third-order valence-electron chi connectivity index (χ3n) is 4.60. The van der Waals surface area contributed by atoms with E-state index in [2.05, 4.69) is 20.7 Å². The van der Waals surface area contributed by atoms with Crippen LogP contribution in [-0.2, 0) is 18.0 Å². The van der Waals surface area contributed by atoms with Crippen LogP contribution in [0.2, 0.25) is 10.0 Å². The number of aromatic nitrogens is 2. The zero-order chi connectivity index (χ0) is 26.0. The molecule has 3 aromatic carbocycles. The Kier molecular flexibility index (Phi) is 9.36. The fourth-order valence-corrected chi connectivity index (χ4v) is 3.90. The number of ether oxygens (including phenoxy) is 2. The van der Waals surface area contributed by atoms with Gasteiger partial charge >= 0.3 is 0 Å². The minimum absolute atomic E-state index is 0.0139. The van der Waals surface area contributed by atoms with E-state index < -0.39 is 0 Å². The van der Waals surface area contributed by atoms with Crippen LogP contribution in [-0.4, -0.2) is 28.1 Å². The first-order chi connectivity index (χ1) is 17.9. The Morgan fingerprint density at radius 3 is 2.68 bits per heavy atom. The van der Waals surface area contributed by atoms with E-state index in [1.54, 1.807) is 54.6 Å². The fraction of sp³-hybridized carbons (Fsp3) is 0.120. The van der Waals surface area contributed by atoms with Crippen molar-refractivity contribution in [3.8, 4) is 11.5 Å². The van der Waals surface area contributed by atoms with Gasteiger partial charge in [0.05, 0.1) is 17.0 Å². The summed E-state index contributed by atoms with van der Waals surface area (Å²) in [6.45, 7) is 0.268. The average molecular weight is 561 g/mol. The molecule has 1 amide bonds. The third kappa shape index (κ3) is 8.49. The number of thioether (sulfide) groups is 1. The number of benzene rings is 3. The Morgan fingerprint density at radius 2 is 1.89 bits per heavy atom. The van der Waals surface area contributed by atoms with Crippen molar-refractivity contribution in [1.29, 1.82) is 0 Å². The van der Waals surface area contributed by atoms with Crippen LogP contribution in [0.4, 0.5) is 4.39 Å². The van der Waals surface area contributed by atoms with Crippen molar-refractivity contribution in [1.82, 2.24) is 15.6 Å². The molecule has 0 radical (unpaired) electrons. The van der Waals surface area contributed by atoms with Crippen LogP contribution in [0, 0.1) is 5.82 Å². The molecule has 0 saturated heterocycles. The van der Waals surface area contributed by atoms with Crippen molar-refractivity contribution < 1.29 is 23.1 Å². The molecule has 0 unspecified atom stereocenters. The second-order valence-electron chi connectivity index (χ2n) is 7.39. The minimum Gasteiger partial charge on any atom is -0.489 e. The van der Waals surface area contributed by atoms with Gasteiger partial charge in [-0.25, -0.2) is 9.82 Å². The molecule has 190 valence electrons. The van der Waals surface area contributed by atoms with Crippen LogP contribution < -0.4 is 14.9 Å². The highest BCUT2D eigenvalue weighted by Gasteiger charge is 2.11. The van der Waals surface area contributed by atoms with Gasteiger partial charge in [-0.2, -0.15) is 5.10 Å². The van der Waals surface area contributed by atoms with Gasteiger partial charge in [0, 0.05) is 5.02 Å². The largest absolute Gasteiger partial charge is 0.489 e. The van der Waals surface area contributed by atoms with E-state index >= 15 is 0 Å². The van der Waals surface area contributed by atoms with Crippen molar-refractivity contribution >= 4 is 47.1 Å². The zero-order valence-electron chi connectivity index (χ0n) is 19.1. The predicted molar refractivity (Wildman–Crippen MR) is 139 cm³/mol. The smallest absolute Gasteiger partial charge is 0.277 e. The third-order valence-corrected chi connectivity index (χ3v) is 5.95. The predicted octanol–water partition coefficient (Wildman–Crippen LogP) is 5.92. The van der Waals surface area contributed by atoms with Gasteiger partial charge in [-0.05, 0) is 65.7 Å². The molecule has 1 heterocycles. The Bertz CT molecular complexity index is 1390. The number of nitrogens with zero attached hydrogens (tertiary/aromatic N) is 3. The molecule has 1 N–H and O–H groups in total. The van der Waals surface area contributed by atoms with Crippen molar-refractivity contribution in [2.24, 2.45) is 5.10 Å². The number of halogens is 3. The van der Waals surface area contributed by atoms with E-state index in [1.807, 2.05) is 0 Å². The normalized spacial score (nSPS) is 11.0. The molecule has 8 nitrogen and oxygen atoms in total. The Balaban J connectivity index is 1.16. The highest BCUT2D eigenvalue weighted by molar-refractivity contribution is 7.99. The lowest BCUT2D eigenvalue weighted by molar-refractivity contribution is -0.118. The van der Waals surface area contributed by atoms with Crippen LogP contribution in [0.25, 0.3) is 0 Å². The van der Waals surface area contributed by atoms with E-state index in [-0.39, 0.29) is 41.8 Å². The maximum Gasteiger partial charge on any atom is 0.277 e. The summed E-state index contributed by atoms with van der Waals surface area (Å²) in [5.41, 5.74) is 3.93. The van der Waals surface area contributed by atoms with Gasteiger partial charge in [-0.15, -0.1) is 10.2 Å². The van der Waals surface area contributed by atoms with Gasteiger partial charge in [0.1, 0.15) is 23.9 Å². The van der Waals surface area contributed by atoms with Crippen LogP contribution in [0.3, 0.4) is 0 Å². The van der Waals surface area contributed by atoms with E-state index in [0.717, 1.165) is 22.9 Å². The molecule has 0 bridgehead atoms. The van der Waals surface area contributed by atoms with Crippen LogP contribution >= 0.6 is 35.0 Å². The standard InChI is InChI=1S/C25H19Cl2FN4O4S/c26-18-6-9-22(21(27)11-18)35-14-24-31-32-25(36-24)37-15-23(33)30-29-12-16-4-7-20(8-5-16)34-13-17-2-1-3-19(28)10-17/h1-12H,13-15H2,(H,30,33)/b29-12-. The van der Waals surface area contributed by atoms with Gasteiger partial charge < -0.3 is 13.9 Å². The SMILES string of the molecule is O=C(CSc1nnc(COc2ccc(Cl)cc2Cl)o1)N/N=C\c1ccc(OCc2cccc(F)c2)cc1. The van der Waals surface area contributed by atoms with Gasteiger partial charge in [0.15, 0.2) is 6.61 Å². The van der Waals surface area contributed by atoms with Crippen molar-refractivity contribution in [3.63, 3.8) is 0 Å². The van der Waals surface area contributed by atoms with Crippen LogP contribution in [0.15, 0.2) is 81.5 Å². The Hall–Kier alpha value is -3.60. The van der Waals surface area contributed by atoms with E-state index in [4.69, 9.17) is 37.1 Å². The topological polar surface area (TPSA) is 98.8 Å². The molecule has 4 rings (SSSR count). The van der Waals surface area contributed by atoms with Gasteiger partial charge in [0.2, 0.25) is 0 Å². The number of hydrogen-bond acceptors (Lipinski definition) is 8. The zero-order valence-corrected chi connectivity index (χ0v) is 21.4. The Labute approximate surface area is 225 Å². The van der Waals surface area contributed by atoms with Crippen LogP contribution in [0.5, 0.6) is 11.5 Å². The van der Waals surface area contributed by atoms with E-state index in [9.17, 15) is 9.18 Å². The summed E-state index contributed by atoms with van der Waals surface area (Å²) in [6, 6.07) is 18.2. The first kappa shape index (κ1) is 26.5. The second kappa shape index (κ2) is 13.1. The van der Waals surface area contributed by atoms with E-state index in [1.165, 1.54) is 18.3 Å². The number of amides is 1. The van der Waals surface area contributed by atoms with E-state index in [0.29, 0.717) is 21.5 Å². The first-order valence-electron chi connectivity index (χ1n) is 10.8. The summed E-state index contributed by atoms with van der Waals surface area (Å²) in [6.07, 6.45) is 1.50. The summed E-state index contributed by atoms with van der Waals surface area (Å²) in [7, 11) is 0. The molecule has 0 aliphatic heterocycles. The fourth-order valence-electron chi connectivity index (χ4n) is 2.87. The lowest BCUT2D eigenvalue weighted by atomic mass is 10.2. The maximum atomic E-state index is 13.2. The lowest BCUT2D eigenvalue weighted by Crippen LogP contribution is -2.19. The quantitative estimate of drug-likeness (QED) is 0.138. The van der Waals surface area contributed by atoms with Crippen molar-refractivity contribution in [3.05, 3.63) is 99.6 Å². The van der Waals surface area contributed by atoms with Crippen LogP contribution in [0.1, 0.15) is 17.0 Å². The highest BCUT2D eigenvalue weighted by Crippen LogP contribution is 2.28. The van der Waals surface area contributed by atoms with Crippen molar-refractivity contribution in [2.75, 3.05) is 5.75 Å². The number of carbonyl (C=O) groups is 1. The minimum atomic E-state index is -0.347. The van der Waals surface area contributed by atoms with Gasteiger partial charge in [-0.3, -0.25) is 4.79 Å². The molecule has 12 heteroatoms. The molecule has 0 fully saturated rings. The monoisotopic (exact) mass is 560 g/mol.